The fourth-order valence-electron chi connectivity index (χ4n) is 4.86. The number of rotatable bonds is 8. The molecule has 3 aromatic carbocycles. The lowest BCUT2D eigenvalue weighted by atomic mass is 9.89. The number of thiocarbonyl (C=S) groups is 1. The Hall–Kier alpha value is -3.78. The number of hydrogen-bond donors (Lipinski definition) is 0. The van der Waals surface area contributed by atoms with E-state index >= 15 is 0 Å². The number of nitrogens with zero attached hydrogens (tertiary/aromatic N) is 3. The molecule has 8 heteroatoms. The third-order valence-corrected chi connectivity index (χ3v) is 6.90. The van der Waals surface area contributed by atoms with Crippen LogP contribution in [0.2, 0.25) is 0 Å². The van der Waals surface area contributed by atoms with Crippen LogP contribution in [0.4, 0.5) is 13.2 Å². The van der Waals surface area contributed by atoms with Gasteiger partial charge in [-0.25, -0.2) is 4.68 Å². The van der Waals surface area contributed by atoms with Gasteiger partial charge in [0.25, 0.3) is 0 Å². The van der Waals surface area contributed by atoms with E-state index in [0.717, 1.165) is 52.9 Å². The minimum atomic E-state index is -4.72. The second-order valence-electron chi connectivity index (χ2n) is 9.18. The highest BCUT2D eigenvalue weighted by Crippen LogP contribution is 2.35. The van der Waals surface area contributed by atoms with Crippen LogP contribution in [0.5, 0.6) is 5.75 Å². The topological polar surface area (TPSA) is 39.4 Å². The summed E-state index contributed by atoms with van der Waals surface area (Å²) in [6.45, 7) is 2.66. The number of aryl methyl sites for hydroxylation is 2. The van der Waals surface area contributed by atoms with E-state index in [0.29, 0.717) is 12.2 Å². The van der Waals surface area contributed by atoms with Crippen molar-refractivity contribution < 1.29 is 17.9 Å². The molecule has 4 aromatic rings. The van der Waals surface area contributed by atoms with E-state index < -0.39 is 6.36 Å². The number of fused-ring (bicyclic) bond motifs is 3. The molecule has 0 atom stereocenters. The van der Waals surface area contributed by atoms with Gasteiger partial charge in [-0.15, -0.1) is 13.2 Å². The molecule has 0 saturated heterocycles. The van der Waals surface area contributed by atoms with Gasteiger partial charge >= 0.3 is 6.36 Å². The molecule has 0 unspecified atom stereocenters. The Morgan fingerprint density at radius 3 is 2.53 bits per heavy atom. The summed E-state index contributed by atoms with van der Waals surface area (Å²) >= 11 is 5.59. The van der Waals surface area contributed by atoms with Gasteiger partial charge in [0.15, 0.2) is 0 Å². The second kappa shape index (κ2) is 10.9. The summed E-state index contributed by atoms with van der Waals surface area (Å²) < 4.78 is 43.2. The van der Waals surface area contributed by atoms with E-state index in [-0.39, 0.29) is 5.75 Å². The quantitative estimate of drug-likeness (QED) is 0.179. The molecule has 0 aliphatic heterocycles. The molecule has 1 aliphatic carbocycles. The molecule has 194 valence electrons. The molecule has 1 heterocycles. The molecular formula is C30H26F3N3OS. The molecule has 38 heavy (non-hydrogen) atoms. The van der Waals surface area contributed by atoms with Crippen LogP contribution in [0.25, 0.3) is 16.8 Å². The van der Waals surface area contributed by atoms with Crippen LogP contribution in [0.15, 0.2) is 77.9 Å². The number of halogens is 3. The van der Waals surface area contributed by atoms with Gasteiger partial charge < -0.3 is 4.74 Å². The maximum absolute atomic E-state index is 12.5. The number of hydrogen-bond acceptors (Lipinski definition) is 4. The first kappa shape index (κ1) is 25.9. The van der Waals surface area contributed by atoms with Crippen LogP contribution in [0.1, 0.15) is 34.9 Å². The van der Waals surface area contributed by atoms with E-state index in [4.69, 9.17) is 12.2 Å². The Balaban J connectivity index is 1.27. The van der Waals surface area contributed by atoms with Crippen LogP contribution >= 0.6 is 12.2 Å². The molecule has 5 rings (SSSR count). The molecular weight excluding hydrogens is 507 g/mol. The molecule has 0 fully saturated rings. The van der Waals surface area contributed by atoms with Crippen molar-refractivity contribution in [3.05, 3.63) is 101 Å². The van der Waals surface area contributed by atoms with Gasteiger partial charge in [0.1, 0.15) is 5.75 Å². The highest BCUT2D eigenvalue weighted by molar-refractivity contribution is 7.80. The van der Waals surface area contributed by atoms with Gasteiger partial charge in [-0.1, -0.05) is 55.5 Å². The normalized spacial score (nSPS) is 12.8. The predicted octanol–water partition coefficient (Wildman–Crippen LogP) is 7.13. The minimum Gasteiger partial charge on any atom is -0.406 e. The Morgan fingerprint density at radius 1 is 1.03 bits per heavy atom. The van der Waals surface area contributed by atoms with Crippen molar-refractivity contribution in [3.63, 3.8) is 0 Å². The van der Waals surface area contributed by atoms with Crippen molar-refractivity contribution in [1.29, 1.82) is 0 Å². The third kappa shape index (κ3) is 5.86. The number of alkyl halides is 3. The van der Waals surface area contributed by atoms with E-state index in [2.05, 4.69) is 52.1 Å². The lowest BCUT2D eigenvalue weighted by Crippen LogP contribution is -2.17. The molecule has 0 N–H and O–H groups in total. The van der Waals surface area contributed by atoms with Crippen LogP contribution in [0, 0.1) is 0 Å². The zero-order valence-corrected chi connectivity index (χ0v) is 21.6. The first-order valence-corrected chi connectivity index (χ1v) is 12.9. The fraction of sp³-hybridized carbons (Fsp3) is 0.233. The van der Waals surface area contributed by atoms with E-state index in [9.17, 15) is 13.2 Å². The van der Waals surface area contributed by atoms with Gasteiger partial charge in [0.2, 0.25) is 0 Å². The number of aromatic nitrogens is 2. The molecule has 0 bridgehead atoms. The van der Waals surface area contributed by atoms with E-state index in [1.807, 2.05) is 24.5 Å². The van der Waals surface area contributed by atoms with Gasteiger partial charge in [-0.3, -0.25) is 4.99 Å². The first-order valence-electron chi connectivity index (χ1n) is 12.5. The Kier molecular flexibility index (Phi) is 7.42. The van der Waals surface area contributed by atoms with Gasteiger partial charge in [0.05, 0.1) is 24.1 Å². The Bertz CT molecular complexity index is 1490. The van der Waals surface area contributed by atoms with Crippen molar-refractivity contribution in [3.8, 4) is 22.6 Å². The summed E-state index contributed by atoms with van der Waals surface area (Å²) in [5, 5.41) is 4.52. The Morgan fingerprint density at radius 2 is 1.79 bits per heavy atom. The molecule has 1 aromatic heterocycles. The highest BCUT2D eigenvalue weighted by atomic mass is 32.1. The zero-order valence-electron chi connectivity index (χ0n) is 20.8. The highest BCUT2D eigenvalue weighted by Gasteiger charge is 2.31. The molecule has 0 amide bonds. The predicted molar refractivity (Wildman–Crippen MR) is 148 cm³/mol. The summed E-state index contributed by atoms with van der Waals surface area (Å²) in [5.74, 6) is -0.256. The van der Waals surface area contributed by atoms with Crippen molar-refractivity contribution >= 4 is 23.3 Å². The zero-order chi connectivity index (χ0) is 26.7. The van der Waals surface area contributed by atoms with Crippen molar-refractivity contribution in [2.24, 2.45) is 4.99 Å². The number of aliphatic imine (C=N–C) groups is 1. The summed E-state index contributed by atoms with van der Waals surface area (Å²) in [6, 6.07) is 20.4. The van der Waals surface area contributed by atoms with Crippen molar-refractivity contribution in [2.45, 2.75) is 39.0 Å². The summed E-state index contributed by atoms with van der Waals surface area (Å²) in [6.07, 6.45) is 2.32. The molecule has 1 aliphatic rings. The summed E-state index contributed by atoms with van der Waals surface area (Å²) in [4.78, 5) is 5.51. The summed E-state index contributed by atoms with van der Waals surface area (Å²) in [5.41, 5.74) is 8.69. The average Bonchev–Trinajstić information content (AvgIpc) is 3.33. The van der Waals surface area contributed by atoms with Crippen LogP contribution < -0.4 is 4.74 Å². The van der Waals surface area contributed by atoms with Crippen LogP contribution in [-0.2, 0) is 25.7 Å². The lowest BCUT2D eigenvalue weighted by molar-refractivity contribution is -0.274. The van der Waals surface area contributed by atoms with Gasteiger partial charge in [-0.05, 0) is 77.4 Å². The lowest BCUT2D eigenvalue weighted by Gasteiger charge is -2.18. The van der Waals surface area contributed by atoms with Crippen molar-refractivity contribution in [2.75, 3.05) is 6.54 Å². The SMILES string of the molecule is CCc1ccccc1CC(=S)CN=Cc1ccc2c(c1)CCc1c-2cnn1-c1ccc(OC(F)(F)F)cc1. The van der Waals surface area contributed by atoms with E-state index in [1.165, 1.54) is 28.8 Å². The summed E-state index contributed by atoms with van der Waals surface area (Å²) in [7, 11) is 0. The first-order chi connectivity index (χ1) is 18.3. The molecule has 0 spiro atoms. The van der Waals surface area contributed by atoms with E-state index in [1.54, 1.807) is 16.8 Å². The van der Waals surface area contributed by atoms with Crippen molar-refractivity contribution in [1.82, 2.24) is 9.78 Å². The van der Waals surface area contributed by atoms with Gasteiger partial charge in [-0.2, -0.15) is 5.10 Å². The maximum atomic E-state index is 12.5. The van der Waals surface area contributed by atoms with Gasteiger partial charge in [0, 0.05) is 23.1 Å². The molecule has 0 saturated carbocycles. The smallest absolute Gasteiger partial charge is 0.406 e. The maximum Gasteiger partial charge on any atom is 0.573 e. The van der Waals surface area contributed by atoms with Crippen LogP contribution in [-0.4, -0.2) is 33.8 Å². The fourth-order valence-corrected chi connectivity index (χ4v) is 5.09. The monoisotopic (exact) mass is 533 g/mol. The third-order valence-electron chi connectivity index (χ3n) is 6.63. The number of benzene rings is 3. The second-order valence-corrected chi connectivity index (χ2v) is 9.76. The molecule has 0 radical (unpaired) electrons. The van der Waals surface area contributed by atoms with Crippen LogP contribution in [0.3, 0.4) is 0 Å². The molecule has 4 nitrogen and oxygen atoms in total. The standard InChI is InChI=1S/C30H26F3N3OS/c1-2-21-5-3-4-6-22(21)16-26(38)18-34-17-20-7-13-27-23(15-20)8-14-29-28(27)19-35-36(29)24-9-11-25(12-10-24)37-30(31,32)33/h3-7,9-13,15,17,19H,2,8,14,16,18H2,1H3. The Labute approximate surface area is 224 Å². The average molecular weight is 534 g/mol. The number of ether oxygens (including phenoxy) is 1. The largest absolute Gasteiger partial charge is 0.573 e. The minimum absolute atomic E-state index is 0.256.